The van der Waals surface area contributed by atoms with E-state index in [2.05, 4.69) is 35.5 Å². The second kappa shape index (κ2) is 12.4. The smallest absolute Gasteiger partial charge is 0.400 e. The zero-order chi connectivity index (χ0) is 21.0. The Kier molecular flexibility index (Phi) is 10.6. The lowest BCUT2D eigenvalue weighted by Crippen LogP contribution is -2.22. The van der Waals surface area contributed by atoms with E-state index >= 15 is 0 Å². The number of methoxy groups -OCH3 is 1. The second-order valence-corrected chi connectivity index (χ2v) is 7.58. The molecular weight excluding hydrogens is 386 g/mol. The van der Waals surface area contributed by atoms with Crippen LogP contribution in [0.3, 0.4) is 0 Å². The molecule has 0 aromatic heterocycles. The van der Waals surface area contributed by atoms with Gasteiger partial charge in [0.1, 0.15) is 0 Å². The molecule has 158 valence electrons. The molecular formula is C19H29NO7S. The number of unbranched alkanes of at least 4 members (excludes halogenated alkanes) is 2. The third-order valence-electron chi connectivity index (χ3n) is 3.67. The molecule has 0 saturated carbocycles. The van der Waals surface area contributed by atoms with Crippen molar-refractivity contribution in [2.24, 2.45) is 5.92 Å². The molecule has 0 bridgehead atoms. The van der Waals surface area contributed by atoms with E-state index in [0.29, 0.717) is 24.6 Å². The maximum atomic E-state index is 11.9. The number of carbonyl (C=O) groups excluding carboxylic acids is 1. The van der Waals surface area contributed by atoms with Gasteiger partial charge in [-0.25, -0.2) is 4.18 Å². The summed E-state index contributed by atoms with van der Waals surface area (Å²) in [5, 5.41) is 2.85. The Morgan fingerprint density at radius 3 is 2.64 bits per heavy atom. The predicted molar refractivity (Wildman–Crippen MR) is 105 cm³/mol. The van der Waals surface area contributed by atoms with E-state index in [4.69, 9.17) is 14.0 Å². The summed E-state index contributed by atoms with van der Waals surface area (Å²) in [7, 11) is -3.14. The van der Waals surface area contributed by atoms with Crippen LogP contribution in [-0.2, 0) is 25.9 Å². The average molecular weight is 416 g/mol. The van der Waals surface area contributed by atoms with Crippen LogP contribution < -0.4 is 14.8 Å². The second-order valence-electron chi connectivity index (χ2n) is 6.49. The Hall–Kier alpha value is -2.10. The first-order valence-electron chi connectivity index (χ1n) is 9.06. The minimum absolute atomic E-state index is 0.0197. The zero-order valence-corrected chi connectivity index (χ0v) is 17.3. The highest BCUT2D eigenvalue weighted by atomic mass is 32.3. The number of rotatable bonds is 13. The molecule has 1 aromatic carbocycles. The van der Waals surface area contributed by atoms with Gasteiger partial charge in [-0.05, 0) is 42.9 Å². The van der Waals surface area contributed by atoms with Crippen molar-refractivity contribution >= 4 is 16.3 Å². The van der Waals surface area contributed by atoms with Crippen LogP contribution in [0.4, 0.5) is 0 Å². The summed E-state index contributed by atoms with van der Waals surface area (Å²) in [6.07, 6.45) is 7.57. The summed E-state index contributed by atoms with van der Waals surface area (Å²) >= 11 is 0. The van der Waals surface area contributed by atoms with Gasteiger partial charge in [0.2, 0.25) is 12.7 Å². The number of nitrogens with one attached hydrogen (secondary N) is 1. The Morgan fingerprint density at radius 2 is 2.00 bits per heavy atom. The zero-order valence-electron chi connectivity index (χ0n) is 16.5. The molecule has 0 radical (unpaired) electrons. The fourth-order valence-corrected chi connectivity index (χ4v) is 2.46. The molecule has 1 rings (SSSR count). The van der Waals surface area contributed by atoms with Crippen LogP contribution in [0.25, 0.3) is 0 Å². The van der Waals surface area contributed by atoms with Crippen LogP contribution in [-0.4, -0.2) is 32.8 Å². The maximum absolute atomic E-state index is 11.9. The lowest BCUT2D eigenvalue weighted by Gasteiger charge is -2.12. The van der Waals surface area contributed by atoms with Gasteiger partial charge in [0, 0.05) is 13.0 Å². The normalized spacial score (nSPS) is 11.8. The van der Waals surface area contributed by atoms with Crippen molar-refractivity contribution < 1.29 is 31.4 Å². The molecule has 0 aliphatic rings. The van der Waals surface area contributed by atoms with Crippen molar-refractivity contribution in [1.82, 2.24) is 5.32 Å². The Labute approximate surface area is 166 Å². The molecule has 0 aliphatic heterocycles. The molecule has 0 heterocycles. The lowest BCUT2D eigenvalue weighted by molar-refractivity contribution is -0.121. The fraction of sp³-hybridized carbons (Fsp3) is 0.526. The number of hydrogen-bond donors (Lipinski definition) is 2. The van der Waals surface area contributed by atoms with Gasteiger partial charge < -0.3 is 14.8 Å². The van der Waals surface area contributed by atoms with Gasteiger partial charge in [-0.15, -0.1) is 0 Å². The van der Waals surface area contributed by atoms with Crippen LogP contribution in [0.2, 0.25) is 0 Å². The number of amides is 1. The van der Waals surface area contributed by atoms with Gasteiger partial charge >= 0.3 is 10.4 Å². The molecule has 8 nitrogen and oxygen atoms in total. The Balaban J connectivity index is 2.40. The average Bonchev–Trinajstić information content (AvgIpc) is 2.62. The van der Waals surface area contributed by atoms with Crippen molar-refractivity contribution in [2.45, 2.75) is 46.1 Å². The molecule has 0 unspecified atom stereocenters. The van der Waals surface area contributed by atoms with Crippen LogP contribution in [0.1, 0.15) is 45.1 Å². The van der Waals surface area contributed by atoms with E-state index in [9.17, 15) is 13.2 Å². The van der Waals surface area contributed by atoms with Crippen molar-refractivity contribution in [1.29, 1.82) is 0 Å². The third kappa shape index (κ3) is 10.9. The molecule has 1 amide bonds. The monoisotopic (exact) mass is 415 g/mol. The number of carbonyl (C=O) groups is 1. The van der Waals surface area contributed by atoms with Crippen LogP contribution in [0.15, 0.2) is 30.4 Å². The van der Waals surface area contributed by atoms with Crippen LogP contribution >= 0.6 is 0 Å². The molecule has 28 heavy (non-hydrogen) atoms. The van der Waals surface area contributed by atoms with Crippen LogP contribution in [0, 0.1) is 5.92 Å². The quantitative estimate of drug-likeness (QED) is 0.220. The molecule has 0 saturated heterocycles. The molecule has 0 fully saturated rings. The first-order chi connectivity index (χ1) is 13.2. The third-order valence-corrected chi connectivity index (χ3v) is 4.07. The van der Waals surface area contributed by atoms with Gasteiger partial charge in [0.15, 0.2) is 11.5 Å². The van der Waals surface area contributed by atoms with E-state index in [1.165, 1.54) is 7.11 Å². The number of ether oxygens (including phenoxy) is 2. The SMILES string of the molecule is COc1cc(CNC(=O)CCCC/C=C/C(C)C)ccc1OCOS(=O)(=O)O. The standard InChI is InChI=1S/C19H29NO7S/c1-15(2)8-6-4-5-7-9-19(21)20-13-16-10-11-17(18(12-16)25-3)26-14-27-28(22,23)24/h6,8,10-12,15H,4-5,7,9,13-14H2,1-3H3,(H,20,21)(H,22,23,24)/b8-6+. The fourth-order valence-electron chi connectivity index (χ4n) is 2.29. The lowest BCUT2D eigenvalue weighted by atomic mass is 10.1. The highest BCUT2D eigenvalue weighted by Crippen LogP contribution is 2.28. The van der Waals surface area contributed by atoms with Crippen molar-refractivity contribution in [2.75, 3.05) is 13.9 Å². The number of hydrogen-bond acceptors (Lipinski definition) is 6. The number of benzene rings is 1. The van der Waals surface area contributed by atoms with Crippen LogP contribution in [0.5, 0.6) is 11.5 Å². The summed E-state index contributed by atoms with van der Waals surface area (Å²) in [6, 6.07) is 4.94. The van der Waals surface area contributed by atoms with Gasteiger partial charge in [0.25, 0.3) is 0 Å². The maximum Gasteiger partial charge on any atom is 0.400 e. The van der Waals surface area contributed by atoms with E-state index in [-0.39, 0.29) is 11.7 Å². The number of allylic oxidation sites excluding steroid dienone is 2. The Bertz CT molecular complexity index is 745. The molecule has 0 spiro atoms. The summed E-state index contributed by atoms with van der Waals surface area (Å²) in [5.74, 6) is 1.12. The van der Waals surface area contributed by atoms with E-state index in [0.717, 1.165) is 24.8 Å². The predicted octanol–water partition coefficient (Wildman–Crippen LogP) is 3.24. The highest BCUT2D eigenvalue weighted by molar-refractivity contribution is 7.80. The molecule has 0 aliphatic carbocycles. The van der Waals surface area contributed by atoms with Crippen molar-refractivity contribution in [3.63, 3.8) is 0 Å². The van der Waals surface area contributed by atoms with Gasteiger partial charge in [-0.2, -0.15) is 8.42 Å². The minimum atomic E-state index is -4.57. The van der Waals surface area contributed by atoms with Crippen molar-refractivity contribution in [3.05, 3.63) is 35.9 Å². The Morgan fingerprint density at radius 1 is 1.25 bits per heavy atom. The minimum Gasteiger partial charge on any atom is -0.493 e. The molecule has 9 heteroatoms. The summed E-state index contributed by atoms with van der Waals surface area (Å²) in [6.45, 7) is 3.91. The van der Waals surface area contributed by atoms with E-state index in [1.54, 1.807) is 18.2 Å². The first kappa shape index (κ1) is 23.9. The molecule has 1 aromatic rings. The topological polar surface area (TPSA) is 111 Å². The summed E-state index contributed by atoms with van der Waals surface area (Å²) in [4.78, 5) is 11.9. The van der Waals surface area contributed by atoms with Crippen molar-refractivity contribution in [3.8, 4) is 11.5 Å². The summed E-state index contributed by atoms with van der Waals surface area (Å²) < 4.78 is 43.9. The highest BCUT2D eigenvalue weighted by Gasteiger charge is 2.10. The van der Waals surface area contributed by atoms with E-state index < -0.39 is 17.2 Å². The van der Waals surface area contributed by atoms with Gasteiger partial charge in [-0.3, -0.25) is 9.35 Å². The summed E-state index contributed by atoms with van der Waals surface area (Å²) in [5.41, 5.74) is 0.799. The molecule has 2 N–H and O–H groups in total. The molecule has 0 atom stereocenters. The van der Waals surface area contributed by atoms with Gasteiger partial charge in [0.05, 0.1) is 7.11 Å². The van der Waals surface area contributed by atoms with E-state index in [1.807, 2.05) is 0 Å². The van der Waals surface area contributed by atoms with Gasteiger partial charge in [-0.1, -0.05) is 32.1 Å². The first-order valence-corrected chi connectivity index (χ1v) is 10.4. The largest absolute Gasteiger partial charge is 0.493 e.